The Bertz CT molecular complexity index is 686. The third kappa shape index (κ3) is 5.87. The maximum absolute atomic E-state index is 13.2. The summed E-state index contributed by atoms with van der Waals surface area (Å²) in [6, 6.07) is 13.2. The fourth-order valence-electron chi connectivity index (χ4n) is 2.54. The van der Waals surface area contributed by atoms with Gasteiger partial charge in [0.05, 0.1) is 12.6 Å². The van der Waals surface area contributed by atoms with Crippen LogP contribution in [0.15, 0.2) is 48.5 Å². The van der Waals surface area contributed by atoms with E-state index in [-0.39, 0.29) is 17.8 Å². The molecule has 0 heterocycles. The van der Waals surface area contributed by atoms with Crippen LogP contribution < -0.4 is 10.1 Å². The minimum atomic E-state index is -0.286. The molecule has 0 fully saturated rings. The highest BCUT2D eigenvalue weighted by atomic mass is 19.1. The van der Waals surface area contributed by atoms with Crippen molar-refractivity contribution >= 4 is 5.91 Å². The molecule has 0 spiro atoms. The van der Waals surface area contributed by atoms with Gasteiger partial charge >= 0.3 is 0 Å². The number of ether oxygens (including phenoxy) is 1. The molecule has 4 nitrogen and oxygen atoms in total. The Hall–Kier alpha value is -2.40. The number of amides is 1. The van der Waals surface area contributed by atoms with E-state index in [0.717, 1.165) is 18.5 Å². The second-order valence-corrected chi connectivity index (χ2v) is 6.13. The van der Waals surface area contributed by atoms with E-state index in [1.807, 2.05) is 27.1 Å². The van der Waals surface area contributed by atoms with Gasteiger partial charge in [0, 0.05) is 5.56 Å². The summed E-state index contributed by atoms with van der Waals surface area (Å²) in [5.74, 6) is 0.210. The SMILES string of the molecule is CCOc1cccc(C(=O)NC(CCN(C)C)c2ccc(F)cc2)c1. The maximum atomic E-state index is 13.2. The molecule has 1 atom stereocenters. The summed E-state index contributed by atoms with van der Waals surface area (Å²) in [5.41, 5.74) is 1.43. The number of hydrogen-bond donors (Lipinski definition) is 1. The van der Waals surface area contributed by atoms with Crippen LogP contribution in [0.3, 0.4) is 0 Å². The van der Waals surface area contributed by atoms with Gasteiger partial charge in [0.15, 0.2) is 0 Å². The summed E-state index contributed by atoms with van der Waals surface area (Å²) in [6.45, 7) is 3.26. The van der Waals surface area contributed by atoms with Crippen molar-refractivity contribution in [3.63, 3.8) is 0 Å². The lowest BCUT2D eigenvalue weighted by molar-refractivity contribution is 0.0932. The highest BCUT2D eigenvalue weighted by Gasteiger charge is 2.16. The van der Waals surface area contributed by atoms with Crippen molar-refractivity contribution in [3.8, 4) is 5.75 Å². The van der Waals surface area contributed by atoms with Gasteiger partial charge in [0.1, 0.15) is 11.6 Å². The number of benzene rings is 2. The lowest BCUT2D eigenvalue weighted by Crippen LogP contribution is -2.31. The number of carbonyl (C=O) groups is 1. The summed E-state index contributed by atoms with van der Waals surface area (Å²) < 4.78 is 18.6. The van der Waals surface area contributed by atoms with E-state index in [1.54, 1.807) is 30.3 Å². The minimum absolute atomic E-state index is 0.172. The van der Waals surface area contributed by atoms with E-state index in [0.29, 0.717) is 17.9 Å². The number of rotatable bonds is 8. The first-order valence-corrected chi connectivity index (χ1v) is 8.43. The van der Waals surface area contributed by atoms with E-state index in [1.165, 1.54) is 12.1 Å². The van der Waals surface area contributed by atoms with Crippen molar-refractivity contribution in [2.45, 2.75) is 19.4 Å². The third-order valence-corrected chi connectivity index (χ3v) is 3.85. The van der Waals surface area contributed by atoms with Gasteiger partial charge in [0.2, 0.25) is 0 Å². The van der Waals surface area contributed by atoms with Crippen molar-refractivity contribution in [1.29, 1.82) is 0 Å². The zero-order chi connectivity index (χ0) is 18.2. The van der Waals surface area contributed by atoms with Gasteiger partial charge in [-0.05, 0) is 69.9 Å². The fourth-order valence-corrected chi connectivity index (χ4v) is 2.54. The molecule has 1 N–H and O–H groups in total. The van der Waals surface area contributed by atoms with Crippen molar-refractivity contribution in [2.75, 3.05) is 27.2 Å². The number of nitrogens with one attached hydrogen (secondary N) is 1. The largest absolute Gasteiger partial charge is 0.494 e. The zero-order valence-corrected chi connectivity index (χ0v) is 15.0. The molecule has 0 saturated heterocycles. The lowest BCUT2D eigenvalue weighted by Gasteiger charge is -2.21. The predicted molar refractivity (Wildman–Crippen MR) is 97.4 cm³/mol. The second-order valence-electron chi connectivity index (χ2n) is 6.13. The molecular weight excluding hydrogens is 319 g/mol. The standard InChI is InChI=1S/C20H25FN2O2/c1-4-25-18-7-5-6-16(14-18)20(24)22-19(12-13-23(2)3)15-8-10-17(21)11-9-15/h5-11,14,19H,4,12-13H2,1-3H3,(H,22,24). The third-order valence-electron chi connectivity index (χ3n) is 3.85. The molecule has 0 aromatic heterocycles. The molecule has 2 rings (SSSR count). The molecular formula is C20H25FN2O2. The average molecular weight is 344 g/mol. The summed E-state index contributed by atoms with van der Waals surface area (Å²) in [7, 11) is 3.96. The van der Waals surface area contributed by atoms with E-state index in [2.05, 4.69) is 10.2 Å². The summed E-state index contributed by atoms with van der Waals surface area (Å²) in [6.07, 6.45) is 0.732. The van der Waals surface area contributed by atoms with Gasteiger partial charge in [-0.2, -0.15) is 0 Å². The fraction of sp³-hybridized carbons (Fsp3) is 0.350. The van der Waals surface area contributed by atoms with Gasteiger partial charge in [0.25, 0.3) is 5.91 Å². The molecule has 2 aromatic carbocycles. The Kier molecular flexibility index (Phi) is 6.95. The lowest BCUT2D eigenvalue weighted by atomic mass is 10.0. The smallest absolute Gasteiger partial charge is 0.251 e. The highest BCUT2D eigenvalue weighted by Crippen LogP contribution is 2.20. The first-order valence-electron chi connectivity index (χ1n) is 8.43. The summed E-state index contributed by atoms with van der Waals surface area (Å²) >= 11 is 0. The van der Waals surface area contributed by atoms with Gasteiger partial charge in [-0.3, -0.25) is 4.79 Å². The Morgan fingerprint density at radius 1 is 1.20 bits per heavy atom. The van der Waals surface area contributed by atoms with Gasteiger partial charge in [-0.25, -0.2) is 4.39 Å². The van der Waals surface area contributed by atoms with E-state index in [9.17, 15) is 9.18 Å². The molecule has 0 aliphatic heterocycles. The van der Waals surface area contributed by atoms with Crippen molar-refractivity contribution < 1.29 is 13.9 Å². The predicted octanol–water partition coefficient (Wildman–Crippen LogP) is 3.65. The van der Waals surface area contributed by atoms with Crippen LogP contribution >= 0.6 is 0 Å². The van der Waals surface area contributed by atoms with Crippen LogP contribution in [-0.2, 0) is 0 Å². The van der Waals surface area contributed by atoms with Crippen molar-refractivity contribution in [1.82, 2.24) is 10.2 Å². The summed E-state index contributed by atoms with van der Waals surface area (Å²) in [5, 5.41) is 3.05. The Balaban J connectivity index is 2.15. The molecule has 1 unspecified atom stereocenters. The average Bonchev–Trinajstić information content (AvgIpc) is 2.59. The first kappa shape index (κ1) is 18.9. The van der Waals surface area contributed by atoms with Crippen LogP contribution in [0.1, 0.15) is 35.3 Å². The highest BCUT2D eigenvalue weighted by molar-refractivity contribution is 5.94. The quantitative estimate of drug-likeness (QED) is 0.795. The molecule has 0 bridgehead atoms. The zero-order valence-electron chi connectivity index (χ0n) is 15.0. The Morgan fingerprint density at radius 2 is 1.92 bits per heavy atom. The van der Waals surface area contributed by atoms with Crippen LogP contribution in [0.5, 0.6) is 5.75 Å². The van der Waals surface area contributed by atoms with Gasteiger partial charge in [-0.1, -0.05) is 18.2 Å². The maximum Gasteiger partial charge on any atom is 0.251 e. The number of halogens is 1. The number of hydrogen-bond acceptors (Lipinski definition) is 3. The van der Waals surface area contributed by atoms with E-state index >= 15 is 0 Å². The monoisotopic (exact) mass is 344 g/mol. The molecule has 0 saturated carbocycles. The van der Waals surface area contributed by atoms with Crippen LogP contribution in [0.2, 0.25) is 0 Å². The van der Waals surface area contributed by atoms with Crippen LogP contribution in [-0.4, -0.2) is 38.1 Å². The molecule has 5 heteroatoms. The summed E-state index contributed by atoms with van der Waals surface area (Å²) in [4.78, 5) is 14.7. The Labute approximate surface area is 148 Å². The minimum Gasteiger partial charge on any atom is -0.494 e. The van der Waals surface area contributed by atoms with E-state index < -0.39 is 0 Å². The van der Waals surface area contributed by atoms with Gasteiger partial charge in [-0.15, -0.1) is 0 Å². The normalized spacial score (nSPS) is 12.0. The van der Waals surface area contributed by atoms with Crippen molar-refractivity contribution in [2.24, 2.45) is 0 Å². The molecule has 0 aliphatic carbocycles. The van der Waals surface area contributed by atoms with Crippen LogP contribution in [0.25, 0.3) is 0 Å². The second kappa shape index (κ2) is 9.18. The van der Waals surface area contributed by atoms with Crippen molar-refractivity contribution in [3.05, 3.63) is 65.5 Å². The van der Waals surface area contributed by atoms with Crippen LogP contribution in [0, 0.1) is 5.82 Å². The molecule has 2 aromatic rings. The molecule has 134 valence electrons. The molecule has 25 heavy (non-hydrogen) atoms. The van der Waals surface area contributed by atoms with Gasteiger partial charge < -0.3 is 15.0 Å². The Morgan fingerprint density at radius 3 is 2.56 bits per heavy atom. The number of nitrogens with zero attached hydrogens (tertiary/aromatic N) is 1. The van der Waals surface area contributed by atoms with Crippen LogP contribution in [0.4, 0.5) is 4.39 Å². The molecule has 1 amide bonds. The first-order chi connectivity index (χ1) is 12.0. The van der Waals surface area contributed by atoms with E-state index in [4.69, 9.17) is 4.74 Å². The topological polar surface area (TPSA) is 41.6 Å². The number of carbonyl (C=O) groups excluding carboxylic acids is 1. The molecule has 0 aliphatic rings. The molecule has 0 radical (unpaired) electrons.